The quantitative estimate of drug-likeness (QED) is 0.548. The van der Waals surface area contributed by atoms with Gasteiger partial charge in [-0.25, -0.2) is 4.98 Å². The van der Waals surface area contributed by atoms with E-state index in [2.05, 4.69) is 18.0 Å². The van der Waals surface area contributed by atoms with Crippen molar-refractivity contribution >= 4 is 11.8 Å². The van der Waals surface area contributed by atoms with Gasteiger partial charge in [-0.2, -0.15) is 5.26 Å². The van der Waals surface area contributed by atoms with Gasteiger partial charge in [-0.1, -0.05) is 19.8 Å². The van der Waals surface area contributed by atoms with Crippen LogP contribution in [0.25, 0.3) is 0 Å². The zero-order valence-corrected chi connectivity index (χ0v) is 9.18. The van der Waals surface area contributed by atoms with Crippen LogP contribution < -0.4 is 0 Å². The van der Waals surface area contributed by atoms with Gasteiger partial charge < -0.3 is 0 Å². The molecule has 1 heterocycles. The lowest BCUT2D eigenvalue weighted by Gasteiger charge is -1.99. The number of nitriles is 1. The Morgan fingerprint density at radius 1 is 1.50 bits per heavy atom. The molecule has 0 bridgehead atoms. The minimum Gasteiger partial charge on any atom is -0.250 e. The summed E-state index contributed by atoms with van der Waals surface area (Å²) in [5.74, 6) is 1.09. The van der Waals surface area contributed by atoms with Gasteiger partial charge in [-0.3, -0.25) is 0 Å². The van der Waals surface area contributed by atoms with E-state index in [9.17, 15) is 0 Å². The molecule has 0 unspecified atom stereocenters. The number of thioether (sulfide) groups is 1. The summed E-state index contributed by atoms with van der Waals surface area (Å²) in [5.41, 5.74) is 0.693. The highest BCUT2D eigenvalue weighted by Gasteiger charge is 1.96. The molecule has 14 heavy (non-hydrogen) atoms. The summed E-state index contributed by atoms with van der Waals surface area (Å²) < 4.78 is 0. The van der Waals surface area contributed by atoms with Crippen LogP contribution in [0.2, 0.25) is 0 Å². The van der Waals surface area contributed by atoms with Crippen molar-refractivity contribution in [3.8, 4) is 6.07 Å². The normalized spacial score (nSPS) is 9.71. The zero-order chi connectivity index (χ0) is 10.2. The molecule has 1 aromatic heterocycles. The molecule has 0 radical (unpaired) electrons. The van der Waals surface area contributed by atoms with Gasteiger partial charge in [0.25, 0.3) is 0 Å². The molecule has 0 aromatic carbocycles. The predicted octanol–water partition coefficient (Wildman–Crippen LogP) is 3.24. The Morgan fingerprint density at radius 2 is 2.36 bits per heavy atom. The molecule has 0 N–H and O–H groups in total. The van der Waals surface area contributed by atoms with E-state index in [4.69, 9.17) is 5.26 Å². The number of unbranched alkanes of at least 4 members (excludes halogenated alkanes) is 2. The highest BCUT2D eigenvalue weighted by molar-refractivity contribution is 7.99. The Morgan fingerprint density at radius 3 is 3.07 bits per heavy atom. The van der Waals surface area contributed by atoms with E-state index in [0.29, 0.717) is 5.56 Å². The molecule has 1 aromatic rings. The highest BCUT2D eigenvalue weighted by atomic mass is 32.2. The van der Waals surface area contributed by atoms with Gasteiger partial charge in [0.15, 0.2) is 0 Å². The predicted molar refractivity (Wildman–Crippen MR) is 59.2 cm³/mol. The van der Waals surface area contributed by atoms with Gasteiger partial charge in [-0.05, 0) is 24.3 Å². The highest BCUT2D eigenvalue weighted by Crippen LogP contribution is 2.17. The summed E-state index contributed by atoms with van der Waals surface area (Å²) in [6.07, 6.45) is 5.43. The third-order valence-corrected chi connectivity index (χ3v) is 2.87. The molecule has 0 saturated heterocycles. The van der Waals surface area contributed by atoms with E-state index in [1.54, 1.807) is 24.0 Å². The molecule has 0 fully saturated rings. The second-order valence-corrected chi connectivity index (χ2v) is 4.17. The molecule has 0 spiro atoms. The van der Waals surface area contributed by atoms with Gasteiger partial charge >= 0.3 is 0 Å². The number of hydrogen-bond donors (Lipinski definition) is 0. The maximum atomic E-state index is 8.68. The van der Waals surface area contributed by atoms with E-state index < -0.39 is 0 Å². The Labute approximate surface area is 89.4 Å². The third kappa shape index (κ3) is 3.80. The Balaban J connectivity index is 2.39. The van der Waals surface area contributed by atoms with Crippen molar-refractivity contribution in [3.05, 3.63) is 23.9 Å². The first kappa shape index (κ1) is 11.1. The summed E-state index contributed by atoms with van der Waals surface area (Å²) in [6, 6.07) is 5.69. The minimum absolute atomic E-state index is 0.693. The smallest absolute Gasteiger partial charge is 0.0993 e. The maximum Gasteiger partial charge on any atom is 0.0993 e. The Bertz CT molecular complexity index is 317. The van der Waals surface area contributed by atoms with Crippen LogP contribution in [0.1, 0.15) is 31.7 Å². The van der Waals surface area contributed by atoms with Crippen molar-refractivity contribution in [3.63, 3.8) is 0 Å². The van der Waals surface area contributed by atoms with Crippen LogP contribution in [-0.4, -0.2) is 10.7 Å². The fourth-order valence-corrected chi connectivity index (χ4v) is 1.99. The average molecular weight is 206 g/mol. The first-order valence-corrected chi connectivity index (χ1v) is 5.84. The molecule has 2 nitrogen and oxygen atoms in total. The molecular weight excluding hydrogens is 192 g/mol. The molecular formula is C11H14N2S. The molecule has 0 aliphatic rings. The molecule has 0 aliphatic heterocycles. The van der Waals surface area contributed by atoms with Crippen LogP contribution in [0.5, 0.6) is 0 Å². The maximum absolute atomic E-state index is 8.68. The number of hydrogen-bond acceptors (Lipinski definition) is 3. The molecule has 0 atom stereocenters. The van der Waals surface area contributed by atoms with Crippen LogP contribution in [0, 0.1) is 11.3 Å². The van der Waals surface area contributed by atoms with Crippen LogP contribution in [-0.2, 0) is 0 Å². The van der Waals surface area contributed by atoms with Crippen molar-refractivity contribution in [2.45, 2.75) is 31.2 Å². The van der Waals surface area contributed by atoms with Crippen LogP contribution in [0.4, 0.5) is 0 Å². The number of pyridine rings is 1. The van der Waals surface area contributed by atoms with Gasteiger partial charge in [0, 0.05) is 6.20 Å². The van der Waals surface area contributed by atoms with Gasteiger partial charge in [0.1, 0.15) is 0 Å². The van der Waals surface area contributed by atoms with Crippen molar-refractivity contribution in [2.24, 2.45) is 0 Å². The fraction of sp³-hybridized carbons (Fsp3) is 0.455. The average Bonchev–Trinajstić information content (AvgIpc) is 2.25. The first-order chi connectivity index (χ1) is 6.86. The molecule has 3 heteroatoms. The van der Waals surface area contributed by atoms with Crippen molar-refractivity contribution < 1.29 is 0 Å². The van der Waals surface area contributed by atoms with Crippen molar-refractivity contribution in [1.29, 1.82) is 5.26 Å². The fourth-order valence-electron chi connectivity index (χ4n) is 1.09. The monoisotopic (exact) mass is 206 g/mol. The topological polar surface area (TPSA) is 36.7 Å². The second kappa shape index (κ2) is 6.44. The summed E-state index contributed by atoms with van der Waals surface area (Å²) in [6.45, 7) is 2.19. The molecule has 0 aliphatic carbocycles. The SMILES string of the molecule is CCCCCSc1cc(C#N)ccn1. The number of nitrogens with zero attached hydrogens (tertiary/aromatic N) is 2. The Hall–Kier alpha value is -1.01. The second-order valence-electron chi connectivity index (χ2n) is 3.05. The van der Waals surface area contributed by atoms with Crippen molar-refractivity contribution in [1.82, 2.24) is 4.98 Å². The number of rotatable bonds is 5. The summed E-state index contributed by atoms with van der Waals surface area (Å²) in [7, 11) is 0. The third-order valence-electron chi connectivity index (χ3n) is 1.86. The van der Waals surface area contributed by atoms with Gasteiger partial charge in [-0.15, -0.1) is 11.8 Å². The van der Waals surface area contributed by atoms with Crippen LogP contribution in [0.15, 0.2) is 23.4 Å². The zero-order valence-electron chi connectivity index (χ0n) is 8.36. The lowest BCUT2D eigenvalue weighted by atomic mass is 10.3. The summed E-state index contributed by atoms with van der Waals surface area (Å²) in [5, 5.41) is 9.64. The minimum atomic E-state index is 0.693. The van der Waals surface area contributed by atoms with E-state index >= 15 is 0 Å². The lowest BCUT2D eigenvalue weighted by molar-refractivity contribution is 0.778. The first-order valence-electron chi connectivity index (χ1n) is 4.85. The van der Waals surface area contributed by atoms with Gasteiger partial charge in [0.05, 0.1) is 16.7 Å². The van der Waals surface area contributed by atoms with E-state index in [1.807, 2.05) is 6.07 Å². The molecule has 0 saturated carbocycles. The van der Waals surface area contributed by atoms with Crippen molar-refractivity contribution in [2.75, 3.05) is 5.75 Å². The van der Waals surface area contributed by atoms with E-state index in [1.165, 1.54) is 19.3 Å². The van der Waals surface area contributed by atoms with Gasteiger partial charge in [0.2, 0.25) is 0 Å². The lowest BCUT2D eigenvalue weighted by Crippen LogP contribution is -1.84. The Kier molecular flexibility index (Phi) is 5.09. The van der Waals surface area contributed by atoms with E-state index in [-0.39, 0.29) is 0 Å². The van der Waals surface area contributed by atoms with E-state index in [0.717, 1.165) is 10.8 Å². The molecule has 74 valence electrons. The molecule has 1 rings (SSSR count). The summed E-state index contributed by atoms with van der Waals surface area (Å²) >= 11 is 1.73. The van der Waals surface area contributed by atoms with Crippen LogP contribution in [0.3, 0.4) is 0 Å². The van der Waals surface area contributed by atoms with Crippen LogP contribution >= 0.6 is 11.8 Å². The number of aromatic nitrogens is 1. The largest absolute Gasteiger partial charge is 0.250 e. The standard InChI is InChI=1S/C11H14N2S/c1-2-3-4-7-14-11-8-10(9-12)5-6-13-11/h5-6,8H,2-4,7H2,1H3. The summed E-state index contributed by atoms with van der Waals surface area (Å²) in [4.78, 5) is 4.20. The molecule has 0 amide bonds.